The second kappa shape index (κ2) is 11.1. The number of ether oxygens (including phenoxy) is 2. The Morgan fingerprint density at radius 1 is 1.26 bits per heavy atom. The molecule has 1 aromatic carbocycles. The molecule has 184 valence electrons. The van der Waals surface area contributed by atoms with E-state index in [2.05, 4.69) is 34.3 Å². The van der Waals surface area contributed by atoms with Gasteiger partial charge in [0, 0.05) is 56.6 Å². The molecule has 1 fully saturated rings. The number of amides is 2. The third kappa shape index (κ3) is 5.65. The maximum absolute atomic E-state index is 11.8. The molecular weight excluding hydrogens is 432 g/mol. The zero-order valence-electron chi connectivity index (χ0n) is 20.6. The van der Waals surface area contributed by atoms with Crippen molar-refractivity contribution in [3.63, 3.8) is 0 Å². The van der Waals surface area contributed by atoms with E-state index in [4.69, 9.17) is 19.4 Å². The maximum Gasteiger partial charge on any atom is 0.319 e. The number of hydrogen-bond acceptors (Lipinski definition) is 7. The van der Waals surface area contributed by atoms with Crippen LogP contribution in [-0.2, 0) is 22.4 Å². The molecule has 1 aromatic heterocycles. The lowest BCUT2D eigenvalue weighted by Gasteiger charge is -2.38. The number of carbonyl (C=O) groups excluding carboxylic acids is 1. The number of carbonyl (C=O) groups is 1. The fourth-order valence-electron chi connectivity index (χ4n) is 4.51. The van der Waals surface area contributed by atoms with Crippen molar-refractivity contribution < 1.29 is 14.3 Å². The van der Waals surface area contributed by atoms with Gasteiger partial charge in [-0.2, -0.15) is 0 Å². The van der Waals surface area contributed by atoms with Gasteiger partial charge in [0.1, 0.15) is 5.82 Å². The van der Waals surface area contributed by atoms with Crippen molar-refractivity contribution in [1.29, 1.82) is 0 Å². The third-order valence-corrected chi connectivity index (χ3v) is 6.42. The topological polar surface area (TPSA) is 91.9 Å². The van der Waals surface area contributed by atoms with Gasteiger partial charge in [-0.25, -0.2) is 14.8 Å². The number of aromatic nitrogens is 2. The average molecular weight is 469 g/mol. The van der Waals surface area contributed by atoms with E-state index in [-0.39, 0.29) is 18.2 Å². The molecule has 0 bridgehead atoms. The summed E-state index contributed by atoms with van der Waals surface area (Å²) in [7, 11) is 1.76. The van der Waals surface area contributed by atoms with E-state index in [1.54, 1.807) is 7.11 Å². The molecule has 0 spiro atoms. The van der Waals surface area contributed by atoms with Gasteiger partial charge < -0.3 is 25.0 Å². The number of fused-ring (bicyclic) bond motifs is 1. The number of urea groups is 1. The quantitative estimate of drug-likeness (QED) is 0.646. The van der Waals surface area contributed by atoms with Crippen LogP contribution < -0.4 is 15.5 Å². The molecule has 0 saturated carbocycles. The van der Waals surface area contributed by atoms with Gasteiger partial charge >= 0.3 is 6.03 Å². The summed E-state index contributed by atoms with van der Waals surface area (Å²) < 4.78 is 11.2. The van der Waals surface area contributed by atoms with Crippen LogP contribution in [0.2, 0.25) is 0 Å². The molecule has 0 unspecified atom stereocenters. The summed E-state index contributed by atoms with van der Waals surface area (Å²) in [5.41, 5.74) is 3.98. The van der Waals surface area contributed by atoms with Gasteiger partial charge in [0.2, 0.25) is 0 Å². The zero-order chi connectivity index (χ0) is 24.1. The van der Waals surface area contributed by atoms with Crippen molar-refractivity contribution in [2.45, 2.75) is 45.9 Å². The van der Waals surface area contributed by atoms with Gasteiger partial charge in [-0.3, -0.25) is 4.90 Å². The minimum absolute atomic E-state index is 0.173. The molecular formula is C25H36N6O3. The van der Waals surface area contributed by atoms with E-state index >= 15 is 0 Å². The van der Waals surface area contributed by atoms with Gasteiger partial charge in [-0.1, -0.05) is 0 Å². The number of nitrogens with one attached hydrogen (secondary N) is 2. The van der Waals surface area contributed by atoms with E-state index in [1.807, 2.05) is 31.2 Å². The number of nitrogens with zero attached hydrogens (tertiary/aromatic N) is 4. The Morgan fingerprint density at radius 3 is 2.76 bits per heavy atom. The summed E-state index contributed by atoms with van der Waals surface area (Å²) in [4.78, 5) is 26.7. The van der Waals surface area contributed by atoms with Crippen LogP contribution in [0.4, 0.5) is 16.3 Å². The Balaban J connectivity index is 1.65. The average Bonchev–Trinajstić information content (AvgIpc) is 2.84. The van der Waals surface area contributed by atoms with Crippen molar-refractivity contribution in [1.82, 2.24) is 20.2 Å². The van der Waals surface area contributed by atoms with Crippen LogP contribution in [0, 0.1) is 0 Å². The van der Waals surface area contributed by atoms with Crippen molar-refractivity contribution in [3.05, 3.63) is 35.5 Å². The van der Waals surface area contributed by atoms with E-state index < -0.39 is 0 Å². The highest BCUT2D eigenvalue weighted by molar-refractivity contribution is 5.89. The van der Waals surface area contributed by atoms with Crippen molar-refractivity contribution in [2.75, 3.05) is 56.7 Å². The molecule has 0 radical (unpaired) electrons. The van der Waals surface area contributed by atoms with Crippen molar-refractivity contribution in [2.24, 2.45) is 0 Å². The normalized spacial score (nSPS) is 19.4. The Labute approximate surface area is 201 Å². The van der Waals surface area contributed by atoms with Crippen LogP contribution in [0.5, 0.6) is 0 Å². The fourth-order valence-corrected chi connectivity index (χ4v) is 4.51. The first-order valence-corrected chi connectivity index (χ1v) is 12.1. The van der Waals surface area contributed by atoms with Gasteiger partial charge in [0.05, 0.1) is 31.1 Å². The first-order chi connectivity index (χ1) is 16.5. The molecule has 9 heteroatoms. The fraction of sp³-hybridized carbons (Fsp3) is 0.560. The molecule has 2 aliphatic heterocycles. The summed E-state index contributed by atoms with van der Waals surface area (Å²) in [6.45, 7) is 11.6. The highest BCUT2D eigenvalue weighted by atomic mass is 16.5. The second-order valence-electron chi connectivity index (χ2n) is 9.01. The van der Waals surface area contributed by atoms with E-state index in [1.165, 1.54) is 5.56 Å². The Morgan fingerprint density at radius 2 is 2.06 bits per heavy atom. The highest BCUT2D eigenvalue weighted by Crippen LogP contribution is 2.31. The molecule has 2 amide bonds. The Hall–Kier alpha value is -2.75. The molecule has 34 heavy (non-hydrogen) atoms. The third-order valence-electron chi connectivity index (χ3n) is 6.42. The summed E-state index contributed by atoms with van der Waals surface area (Å²) in [6.07, 6.45) is 1.09. The molecule has 2 N–H and O–H groups in total. The van der Waals surface area contributed by atoms with Crippen LogP contribution in [0.1, 0.15) is 32.0 Å². The minimum atomic E-state index is -0.214. The number of rotatable bonds is 7. The number of methoxy groups -OCH3 is 1. The van der Waals surface area contributed by atoms with Crippen LogP contribution >= 0.6 is 0 Å². The molecule has 0 aliphatic carbocycles. The van der Waals surface area contributed by atoms with Crippen LogP contribution in [0.25, 0.3) is 11.4 Å². The largest absolute Gasteiger partial charge is 0.380 e. The number of anilines is 2. The van der Waals surface area contributed by atoms with E-state index in [0.717, 1.165) is 55.4 Å². The van der Waals surface area contributed by atoms with Crippen molar-refractivity contribution in [3.8, 4) is 11.4 Å². The predicted octanol–water partition coefficient (Wildman–Crippen LogP) is 2.90. The molecule has 1 saturated heterocycles. The van der Waals surface area contributed by atoms with Crippen molar-refractivity contribution >= 4 is 17.5 Å². The minimum Gasteiger partial charge on any atom is -0.380 e. The SMILES string of the molecule is CCNC(=O)Nc1ccc(-c2nc3c(c(N4CCOC[C@@H]4C)n2)CCN(C[C@H](C)OC)C3)cc1. The van der Waals surface area contributed by atoms with Crippen LogP contribution in [-0.4, -0.2) is 79.5 Å². The highest BCUT2D eigenvalue weighted by Gasteiger charge is 2.29. The summed E-state index contributed by atoms with van der Waals surface area (Å²) in [6, 6.07) is 7.74. The van der Waals surface area contributed by atoms with E-state index in [0.29, 0.717) is 25.6 Å². The second-order valence-corrected chi connectivity index (χ2v) is 9.01. The molecule has 3 heterocycles. The van der Waals surface area contributed by atoms with Crippen LogP contribution in [0.15, 0.2) is 24.3 Å². The lowest BCUT2D eigenvalue weighted by Crippen LogP contribution is -2.45. The lowest BCUT2D eigenvalue weighted by atomic mass is 10.0. The van der Waals surface area contributed by atoms with Gasteiger partial charge in [-0.15, -0.1) is 0 Å². The molecule has 9 nitrogen and oxygen atoms in total. The standard InChI is InChI=1S/C25H36N6O3/c1-5-26-25(32)27-20-8-6-19(7-9-20)23-28-22-15-30(14-18(3)33-4)11-10-21(22)24(29-23)31-12-13-34-16-17(31)2/h6-9,17-18H,5,10-16H2,1-4H3,(H2,26,27,32)/t17-,18-/m0/s1. The number of morpholine rings is 1. The van der Waals surface area contributed by atoms with E-state index in [9.17, 15) is 4.79 Å². The molecule has 2 atom stereocenters. The summed E-state index contributed by atoms with van der Waals surface area (Å²) in [5.74, 6) is 1.73. The predicted molar refractivity (Wildman–Crippen MR) is 133 cm³/mol. The summed E-state index contributed by atoms with van der Waals surface area (Å²) >= 11 is 0. The lowest BCUT2D eigenvalue weighted by molar-refractivity contribution is 0.0716. The number of benzene rings is 1. The molecule has 2 aliphatic rings. The first-order valence-electron chi connectivity index (χ1n) is 12.1. The van der Waals surface area contributed by atoms with Crippen LogP contribution in [0.3, 0.4) is 0 Å². The summed E-state index contributed by atoms with van der Waals surface area (Å²) in [5, 5.41) is 5.58. The maximum atomic E-state index is 11.8. The number of hydrogen-bond donors (Lipinski definition) is 2. The smallest absolute Gasteiger partial charge is 0.319 e. The molecule has 2 aromatic rings. The first kappa shape index (κ1) is 24.4. The monoisotopic (exact) mass is 468 g/mol. The Bertz CT molecular complexity index is 983. The van der Waals surface area contributed by atoms with Gasteiger partial charge in [-0.05, 0) is 51.5 Å². The zero-order valence-corrected chi connectivity index (χ0v) is 20.6. The Kier molecular flexibility index (Phi) is 7.97. The van der Waals surface area contributed by atoms with Gasteiger partial charge in [0.15, 0.2) is 5.82 Å². The molecule has 4 rings (SSSR count). The van der Waals surface area contributed by atoms with Gasteiger partial charge in [0.25, 0.3) is 0 Å².